The highest BCUT2D eigenvalue weighted by atomic mass is 35.5. The van der Waals surface area contributed by atoms with Crippen molar-refractivity contribution in [1.82, 2.24) is 14.8 Å². The van der Waals surface area contributed by atoms with Gasteiger partial charge in [0.2, 0.25) is 0 Å². The Hall–Kier alpha value is -3.48. The Morgan fingerprint density at radius 2 is 1.86 bits per heavy atom. The molecule has 8 heteroatoms. The number of hydrogen-bond acceptors (Lipinski definition) is 3. The molecule has 36 heavy (non-hydrogen) atoms. The van der Waals surface area contributed by atoms with Gasteiger partial charge in [-0.05, 0) is 52.6 Å². The second kappa shape index (κ2) is 11.1. The molecule has 1 unspecified atom stereocenters. The fraction of sp³-hybridized carbons (Fsp3) is 0.143. The summed E-state index contributed by atoms with van der Waals surface area (Å²) < 4.78 is 35.9. The summed E-state index contributed by atoms with van der Waals surface area (Å²) in [6.07, 6.45) is 6.70. The van der Waals surface area contributed by atoms with E-state index in [0.29, 0.717) is 27.9 Å². The van der Waals surface area contributed by atoms with E-state index in [1.807, 2.05) is 49.4 Å². The van der Waals surface area contributed by atoms with Gasteiger partial charge >= 0.3 is 0 Å². The van der Waals surface area contributed by atoms with Gasteiger partial charge in [0.15, 0.2) is 0 Å². The van der Waals surface area contributed by atoms with Crippen LogP contribution in [0.5, 0.6) is 5.75 Å². The van der Waals surface area contributed by atoms with E-state index in [4.69, 9.17) is 27.9 Å². The number of nitrogens with zero attached hydrogens (tertiary/aromatic N) is 3. The minimum absolute atomic E-state index is 0.130. The van der Waals surface area contributed by atoms with Gasteiger partial charge in [-0.3, -0.25) is 4.68 Å². The molecule has 4 aromatic rings. The first-order valence-corrected chi connectivity index (χ1v) is 11.8. The van der Waals surface area contributed by atoms with E-state index in [9.17, 15) is 8.78 Å². The summed E-state index contributed by atoms with van der Waals surface area (Å²) in [5.41, 5.74) is 2.02. The molecule has 0 saturated heterocycles. The average molecular weight is 526 g/mol. The molecule has 0 bridgehead atoms. The molecule has 0 N–H and O–H groups in total. The zero-order valence-electron chi connectivity index (χ0n) is 19.5. The summed E-state index contributed by atoms with van der Waals surface area (Å²) in [6, 6.07) is 16.3. The fourth-order valence-corrected chi connectivity index (χ4v) is 4.26. The molecule has 0 amide bonds. The van der Waals surface area contributed by atoms with Gasteiger partial charge in [-0.1, -0.05) is 73.1 Å². The highest BCUT2D eigenvalue weighted by Crippen LogP contribution is 2.30. The maximum Gasteiger partial charge on any atom is 0.137 e. The van der Waals surface area contributed by atoms with Gasteiger partial charge in [0.25, 0.3) is 0 Å². The number of hydrogen-bond donors (Lipinski definition) is 0. The number of rotatable bonds is 9. The highest BCUT2D eigenvalue weighted by molar-refractivity contribution is 6.35. The molecule has 3 aromatic carbocycles. The van der Waals surface area contributed by atoms with Crippen molar-refractivity contribution >= 4 is 34.9 Å². The van der Waals surface area contributed by atoms with Crippen LogP contribution in [0.3, 0.4) is 0 Å². The predicted octanol–water partition coefficient (Wildman–Crippen LogP) is 7.63. The fourth-order valence-electron chi connectivity index (χ4n) is 3.79. The first-order chi connectivity index (χ1) is 17.2. The quantitative estimate of drug-likeness (QED) is 0.211. The molecule has 0 aliphatic rings. The van der Waals surface area contributed by atoms with Gasteiger partial charge in [0.05, 0.1) is 13.2 Å². The average Bonchev–Trinajstić information content (AvgIpc) is 3.35. The van der Waals surface area contributed by atoms with Gasteiger partial charge in [-0.2, -0.15) is 5.10 Å². The Labute approximate surface area is 218 Å². The van der Waals surface area contributed by atoms with Gasteiger partial charge in [0, 0.05) is 21.5 Å². The van der Waals surface area contributed by atoms with Crippen LogP contribution >= 0.6 is 23.2 Å². The zero-order chi connectivity index (χ0) is 25.7. The maximum atomic E-state index is 14.7. The Morgan fingerprint density at radius 1 is 1.08 bits per heavy atom. The first kappa shape index (κ1) is 25.6. The summed E-state index contributed by atoms with van der Waals surface area (Å²) in [7, 11) is 0. The van der Waals surface area contributed by atoms with Crippen LogP contribution in [-0.2, 0) is 12.0 Å². The lowest BCUT2D eigenvalue weighted by Gasteiger charge is -2.30. The second-order valence-electron chi connectivity index (χ2n) is 8.62. The lowest BCUT2D eigenvalue weighted by atomic mass is 9.82. The van der Waals surface area contributed by atoms with Crippen molar-refractivity contribution in [2.75, 3.05) is 6.61 Å². The molecule has 1 aromatic heterocycles. The van der Waals surface area contributed by atoms with Crippen LogP contribution in [-0.4, -0.2) is 21.4 Å². The van der Waals surface area contributed by atoms with E-state index in [2.05, 4.69) is 16.7 Å². The van der Waals surface area contributed by atoms with E-state index in [0.717, 1.165) is 22.8 Å². The second-order valence-corrected chi connectivity index (χ2v) is 9.46. The summed E-state index contributed by atoms with van der Waals surface area (Å²) in [4.78, 5) is 3.95. The molecule has 4 nitrogen and oxygen atoms in total. The van der Waals surface area contributed by atoms with E-state index in [1.165, 1.54) is 18.5 Å². The molecule has 0 aliphatic heterocycles. The van der Waals surface area contributed by atoms with Crippen molar-refractivity contribution in [3.63, 3.8) is 0 Å². The molecule has 1 heterocycles. The normalized spacial score (nSPS) is 13.0. The minimum Gasteiger partial charge on any atom is -0.493 e. The van der Waals surface area contributed by atoms with Crippen LogP contribution in [0.15, 0.2) is 86.0 Å². The molecule has 4 rings (SSSR count). The summed E-state index contributed by atoms with van der Waals surface area (Å²) in [6.45, 7) is 6.38. The number of aromatic nitrogens is 3. The van der Waals surface area contributed by atoms with Gasteiger partial charge in [0.1, 0.15) is 30.0 Å². The smallest absolute Gasteiger partial charge is 0.137 e. The van der Waals surface area contributed by atoms with E-state index >= 15 is 0 Å². The highest BCUT2D eigenvalue weighted by Gasteiger charge is 2.32. The van der Waals surface area contributed by atoms with E-state index < -0.39 is 17.0 Å². The van der Waals surface area contributed by atoms with Crippen LogP contribution in [0.2, 0.25) is 10.0 Å². The maximum absolute atomic E-state index is 14.7. The molecule has 0 radical (unpaired) electrons. The Balaban J connectivity index is 1.47. The van der Waals surface area contributed by atoms with Crippen LogP contribution in [0.1, 0.15) is 23.6 Å². The summed E-state index contributed by atoms with van der Waals surface area (Å²) in [5.74, 6) is -0.674. The molecular formula is C28H23Cl2F2N3O. The third kappa shape index (κ3) is 6.20. The Bertz CT molecular complexity index is 1390. The topological polar surface area (TPSA) is 39.9 Å². The third-order valence-electron chi connectivity index (χ3n) is 5.77. The lowest BCUT2D eigenvalue weighted by molar-refractivity contribution is 0.199. The molecule has 0 spiro atoms. The van der Waals surface area contributed by atoms with Crippen molar-refractivity contribution in [3.05, 3.63) is 124 Å². The summed E-state index contributed by atoms with van der Waals surface area (Å²) >= 11 is 12.2. The van der Waals surface area contributed by atoms with Crippen LogP contribution < -0.4 is 4.74 Å². The minimum atomic E-state index is -0.839. The van der Waals surface area contributed by atoms with Crippen LogP contribution in [0.4, 0.5) is 8.78 Å². The molecule has 0 fully saturated rings. The Kier molecular flexibility index (Phi) is 7.87. The predicted molar refractivity (Wildman–Crippen MR) is 140 cm³/mol. The zero-order valence-corrected chi connectivity index (χ0v) is 21.0. The van der Waals surface area contributed by atoms with Crippen molar-refractivity contribution < 1.29 is 13.5 Å². The van der Waals surface area contributed by atoms with E-state index in [1.54, 1.807) is 23.1 Å². The number of benzene rings is 3. The van der Waals surface area contributed by atoms with Crippen LogP contribution in [0, 0.1) is 11.6 Å². The standard InChI is InChI=1S/C28H23Cl2F2N3O/c1-19(3-4-21-5-8-22(29)13-26(21)30)20-6-10-24(11-7-20)36-16-28(2,15-35-18-33-17-34-35)25-12-9-23(31)14-27(25)32/h3-14,17-18H,1,15-16H2,2H3/b4-3+. The molecule has 0 aliphatic carbocycles. The SMILES string of the molecule is C=C(/C=C/c1ccc(Cl)cc1Cl)c1ccc(OCC(C)(Cn2cncn2)c2ccc(F)cc2F)cc1. The van der Waals surface area contributed by atoms with Gasteiger partial charge in [-0.15, -0.1) is 0 Å². The van der Waals surface area contributed by atoms with Crippen molar-refractivity contribution in [2.45, 2.75) is 18.9 Å². The molecule has 0 saturated carbocycles. The molecular weight excluding hydrogens is 503 g/mol. The monoisotopic (exact) mass is 525 g/mol. The molecule has 1 atom stereocenters. The number of halogens is 4. The van der Waals surface area contributed by atoms with Crippen molar-refractivity contribution in [1.29, 1.82) is 0 Å². The van der Waals surface area contributed by atoms with Crippen molar-refractivity contribution in [3.8, 4) is 5.75 Å². The van der Waals surface area contributed by atoms with Crippen LogP contribution in [0.25, 0.3) is 11.6 Å². The number of ether oxygens (including phenoxy) is 1. The van der Waals surface area contributed by atoms with E-state index in [-0.39, 0.29) is 6.61 Å². The largest absolute Gasteiger partial charge is 0.493 e. The van der Waals surface area contributed by atoms with Gasteiger partial charge in [-0.25, -0.2) is 13.8 Å². The van der Waals surface area contributed by atoms with Crippen molar-refractivity contribution in [2.24, 2.45) is 0 Å². The van der Waals surface area contributed by atoms with Gasteiger partial charge < -0.3 is 4.74 Å². The molecule has 184 valence electrons. The Morgan fingerprint density at radius 3 is 2.53 bits per heavy atom. The number of allylic oxidation sites excluding steroid dienone is 2. The third-order valence-corrected chi connectivity index (χ3v) is 6.33. The summed E-state index contributed by atoms with van der Waals surface area (Å²) in [5, 5.41) is 5.26. The first-order valence-electron chi connectivity index (χ1n) is 11.1. The lowest BCUT2D eigenvalue weighted by Crippen LogP contribution is -2.36.